The monoisotopic (exact) mass is 566 g/mol. The van der Waals surface area contributed by atoms with Gasteiger partial charge in [-0.15, -0.1) is 4.68 Å². The summed E-state index contributed by atoms with van der Waals surface area (Å²) in [5.74, 6) is 1.80. The molecule has 0 fully saturated rings. The van der Waals surface area contributed by atoms with Gasteiger partial charge in [-0.3, -0.25) is 0 Å². The molecular weight excluding hydrogens is 540 g/mol. The van der Waals surface area contributed by atoms with Crippen LogP contribution in [0.5, 0.6) is 11.5 Å². The Labute approximate surface area is 253 Å². The standard InChI is InChI=1S/C39H26N4O/c1-23-35(28-15-7-12-25-11-3-4-13-26(25)28)24(2)43-39-36-31(18-8-20-33(36)44-34-21-9-19-32(37(34)39)42(23)43)41-30-17-6-5-14-27(30)29-16-10-22-40(39)38(29)41/h3-22H,1-2H3/q+2. The fraction of sp³-hybridized carbons (Fsp3) is 0.0769. The van der Waals surface area contributed by atoms with Crippen LogP contribution >= 0.6 is 0 Å². The second-order valence-corrected chi connectivity index (χ2v) is 12.2. The Balaban J connectivity index is 1.39. The third-order valence-electron chi connectivity index (χ3n) is 10.3. The molecule has 5 aromatic carbocycles. The highest BCUT2D eigenvalue weighted by Crippen LogP contribution is 2.55. The second-order valence-electron chi connectivity index (χ2n) is 12.2. The van der Waals surface area contributed by atoms with Gasteiger partial charge in [0, 0.05) is 12.3 Å². The van der Waals surface area contributed by atoms with E-state index in [9.17, 15) is 0 Å². The average molecular weight is 567 g/mol. The summed E-state index contributed by atoms with van der Waals surface area (Å²) >= 11 is 0. The van der Waals surface area contributed by atoms with Gasteiger partial charge >= 0.3 is 11.3 Å². The molecule has 3 aromatic heterocycles. The molecule has 6 heterocycles. The Kier molecular flexibility index (Phi) is 3.87. The Bertz CT molecular complexity index is 2620. The van der Waals surface area contributed by atoms with E-state index in [1.54, 1.807) is 0 Å². The lowest BCUT2D eigenvalue weighted by atomic mass is 9.84. The van der Waals surface area contributed by atoms with E-state index >= 15 is 0 Å². The Morgan fingerprint density at radius 1 is 0.636 bits per heavy atom. The number of pyridine rings is 1. The van der Waals surface area contributed by atoms with Crippen molar-refractivity contribution in [3.8, 4) is 34.0 Å². The van der Waals surface area contributed by atoms with Crippen molar-refractivity contribution in [2.45, 2.75) is 19.5 Å². The molecule has 0 N–H and O–H groups in total. The predicted octanol–water partition coefficient (Wildman–Crippen LogP) is 7.62. The molecule has 0 saturated heterocycles. The maximum atomic E-state index is 6.81. The molecule has 0 amide bonds. The minimum Gasteiger partial charge on any atom is -0.456 e. The molecule has 0 bridgehead atoms. The number of rotatable bonds is 1. The largest absolute Gasteiger partial charge is 0.456 e. The van der Waals surface area contributed by atoms with Gasteiger partial charge in [-0.1, -0.05) is 71.4 Å². The van der Waals surface area contributed by atoms with Crippen molar-refractivity contribution in [1.29, 1.82) is 0 Å². The summed E-state index contributed by atoms with van der Waals surface area (Å²) in [4.78, 5) is 0. The SMILES string of the molecule is Cc1c(-c2cccc3ccccc23)c(C)[n+]2n1-c1cccc3c1C21c2c(cccc2-n2c4ccccc4c4ccc[n+]1c42)O3. The molecule has 5 nitrogen and oxygen atoms in total. The number of hydrogen-bond donors (Lipinski definition) is 0. The van der Waals surface area contributed by atoms with E-state index in [1.807, 2.05) is 0 Å². The fourth-order valence-electron chi connectivity index (χ4n) is 8.81. The summed E-state index contributed by atoms with van der Waals surface area (Å²) in [5.41, 5.74) is 11.3. The summed E-state index contributed by atoms with van der Waals surface area (Å²) in [5, 5.41) is 5.01. The van der Waals surface area contributed by atoms with Crippen molar-refractivity contribution in [2.24, 2.45) is 0 Å². The number of ether oxygens (including phenoxy) is 1. The van der Waals surface area contributed by atoms with Gasteiger partial charge in [0.15, 0.2) is 11.3 Å². The first-order chi connectivity index (χ1) is 21.7. The van der Waals surface area contributed by atoms with Crippen LogP contribution in [0.2, 0.25) is 0 Å². The molecular formula is C39H26N4O+2. The lowest BCUT2D eigenvalue weighted by Gasteiger charge is -2.33. The number of fused-ring (bicyclic) bond motifs is 7. The van der Waals surface area contributed by atoms with Gasteiger partial charge in [0.05, 0.1) is 22.8 Å². The van der Waals surface area contributed by atoms with Gasteiger partial charge in [0.1, 0.15) is 28.3 Å². The lowest BCUT2D eigenvalue weighted by molar-refractivity contribution is -0.990. The van der Waals surface area contributed by atoms with Gasteiger partial charge < -0.3 is 4.74 Å². The summed E-state index contributed by atoms with van der Waals surface area (Å²) < 4.78 is 16.8. The van der Waals surface area contributed by atoms with Gasteiger partial charge in [-0.25, -0.2) is 0 Å². The van der Waals surface area contributed by atoms with Crippen LogP contribution < -0.4 is 14.0 Å². The third-order valence-corrected chi connectivity index (χ3v) is 10.3. The molecule has 206 valence electrons. The summed E-state index contributed by atoms with van der Waals surface area (Å²) in [7, 11) is 0. The first kappa shape index (κ1) is 22.9. The number of hydrogen-bond acceptors (Lipinski definition) is 1. The van der Waals surface area contributed by atoms with Crippen LogP contribution in [0.15, 0.2) is 121 Å². The minimum absolute atomic E-state index is 0.683. The maximum absolute atomic E-state index is 6.81. The second kappa shape index (κ2) is 7.44. The molecule has 44 heavy (non-hydrogen) atoms. The number of aromatic nitrogens is 4. The first-order valence-corrected chi connectivity index (χ1v) is 15.2. The van der Waals surface area contributed by atoms with Crippen LogP contribution in [0.1, 0.15) is 22.5 Å². The van der Waals surface area contributed by atoms with Crippen molar-refractivity contribution in [2.75, 3.05) is 0 Å². The Morgan fingerprint density at radius 3 is 2.18 bits per heavy atom. The third kappa shape index (κ3) is 2.30. The maximum Gasteiger partial charge on any atom is 0.397 e. The average Bonchev–Trinajstić information content (AvgIpc) is 3.66. The topological polar surface area (TPSA) is 26.8 Å². The Morgan fingerprint density at radius 2 is 1.32 bits per heavy atom. The van der Waals surface area contributed by atoms with E-state index < -0.39 is 5.66 Å². The summed E-state index contributed by atoms with van der Waals surface area (Å²) in [6.45, 7) is 4.57. The molecule has 11 rings (SSSR count). The van der Waals surface area contributed by atoms with E-state index in [0.717, 1.165) is 22.9 Å². The highest BCUT2D eigenvalue weighted by molar-refractivity contribution is 6.07. The predicted molar refractivity (Wildman–Crippen MR) is 171 cm³/mol. The molecule has 0 aliphatic carbocycles. The number of para-hydroxylation sites is 1. The summed E-state index contributed by atoms with van der Waals surface area (Å²) in [6, 6.07) is 41.7. The highest BCUT2D eigenvalue weighted by atomic mass is 16.5. The van der Waals surface area contributed by atoms with Crippen molar-refractivity contribution < 1.29 is 14.0 Å². The van der Waals surface area contributed by atoms with E-state index in [2.05, 4.69) is 154 Å². The van der Waals surface area contributed by atoms with E-state index in [-0.39, 0.29) is 0 Å². The van der Waals surface area contributed by atoms with Crippen LogP contribution in [0.3, 0.4) is 0 Å². The zero-order valence-corrected chi connectivity index (χ0v) is 24.2. The number of nitrogens with zero attached hydrogens (tertiary/aromatic N) is 4. The lowest BCUT2D eigenvalue weighted by Crippen LogP contribution is -2.77. The molecule has 1 spiro atoms. The molecule has 3 aliphatic rings. The van der Waals surface area contributed by atoms with E-state index in [4.69, 9.17) is 4.74 Å². The van der Waals surface area contributed by atoms with Crippen molar-refractivity contribution in [3.05, 3.63) is 144 Å². The van der Waals surface area contributed by atoms with Gasteiger partial charge in [0.2, 0.25) is 5.69 Å². The van der Waals surface area contributed by atoms with Crippen LogP contribution in [-0.4, -0.2) is 9.25 Å². The molecule has 0 radical (unpaired) electrons. The molecule has 1 unspecified atom stereocenters. The Hall–Kier alpha value is -5.68. The normalized spacial score (nSPS) is 16.7. The first-order valence-electron chi connectivity index (χ1n) is 15.2. The van der Waals surface area contributed by atoms with Gasteiger partial charge in [-0.05, 0) is 71.8 Å². The van der Waals surface area contributed by atoms with Crippen molar-refractivity contribution >= 4 is 32.7 Å². The number of benzene rings is 5. The molecule has 1 atom stereocenters. The van der Waals surface area contributed by atoms with Crippen molar-refractivity contribution in [1.82, 2.24) is 9.25 Å². The molecule has 8 aromatic rings. The zero-order valence-electron chi connectivity index (χ0n) is 24.2. The van der Waals surface area contributed by atoms with Gasteiger partial charge in [0.25, 0.3) is 0 Å². The van der Waals surface area contributed by atoms with Gasteiger partial charge in [-0.2, -0.15) is 9.13 Å². The van der Waals surface area contributed by atoms with Crippen LogP contribution in [-0.2, 0) is 5.66 Å². The van der Waals surface area contributed by atoms with Crippen LogP contribution in [0.4, 0.5) is 0 Å². The van der Waals surface area contributed by atoms with E-state index in [1.165, 1.54) is 66.4 Å². The zero-order chi connectivity index (χ0) is 28.9. The molecule has 0 saturated carbocycles. The smallest absolute Gasteiger partial charge is 0.397 e. The van der Waals surface area contributed by atoms with Crippen molar-refractivity contribution in [3.63, 3.8) is 0 Å². The molecule has 5 heteroatoms. The summed E-state index contributed by atoms with van der Waals surface area (Å²) in [6.07, 6.45) is 2.27. The van der Waals surface area contributed by atoms with Crippen LogP contribution in [0, 0.1) is 13.8 Å². The fourth-order valence-corrected chi connectivity index (χ4v) is 8.81. The minimum atomic E-state index is -0.683. The van der Waals surface area contributed by atoms with E-state index in [0.29, 0.717) is 0 Å². The highest BCUT2D eigenvalue weighted by Gasteiger charge is 2.69. The van der Waals surface area contributed by atoms with Crippen LogP contribution in [0.25, 0.3) is 55.2 Å². The quantitative estimate of drug-likeness (QED) is 0.188. The molecule has 3 aliphatic heterocycles.